The van der Waals surface area contributed by atoms with Crippen molar-refractivity contribution in [3.63, 3.8) is 0 Å². The average molecular weight is 330 g/mol. The van der Waals surface area contributed by atoms with E-state index < -0.39 is 12.0 Å². The maximum absolute atomic E-state index is 10.4. The van der Waals surface area contributed by atoms with Crippen molar-refractivity contribution in [2.75, 3.05) is 0 Å². The quantitative estimate of drug-likeness (QED) is 0.788. The minimum atomic E-state index is -0.967. The standard InChI is InChI=1S/C7H7Br.C7H13NO3/c1-6-3-2-4-7(8)5-6;1-2-3-4-6(7(10)11)8-5-9/h2-5H,1H3;5-6H,2-4H2,1H3,(H,8,9)(H,10,11). The number of carboxylic acid groups (broad SMARTS) is 1. The third-order valence-corrected chi connectivity index (χ3v) is 2.89. The molecule has 1 atom stereocenters. The number of amides is 1. The van der Waals surface area contributed by atoms with Crippen molar-refractivity contribution in [1.29, 1.82) is 0 Å². The maximum Gasteiger partial charge on any atom is 0.326 e. The number of hydrogen-bond donors (Lipinski definition) is 2. The van der Waals surface area contributed by atoms with E-state index in [1.807, 2.05) is 19.1 Å². The number of rotatable bonds is 6. The van der Waals surface area contributed by atoms with E-state index in [1.165, 1.54) is 5.56 Å². The van der Waals surface area contributed by atoms with Gasteiger partial charge in [-0.25, -0.2) is 4.79 Å². The molecule has 0 fully saturated rings. The molecule has 2 N–H and O–H groups in total. The number of carboxylic acids is 1. The monoisotopic (exact) mass is 329 g/mol. The van der Waals surface area contributed by atoms with Crippen LogP contribution in [0.25, 0.3) is 0 Å². The van der Waals surface area contributed by atoms with Gasteiger partial charge < -0.3 is 10.4 Å². The molecular formula is C14H20BrNO3. The molecule has 0 saturated carbocycles. The minimum Gasteiger partial charge on any atom is -0.480 e. The van der Waals surface area contributed by atoms with Crippen LogP contribution < -0.4 is 5.32 Å². The van der Waals surface area contributed by atoms with Crippen LogP contribution in [0, 0.1) is 6.92 Å². The zero-order chi connectivity index (χ0) is 14.7. The Balaban J connectivity index is 0.000000356. The van der Waals surface area contributed by atoms with Crippen molar-refractivity contribution in [2.24, 2.45) is 0 Å². The third kappa shape index (κ3) is 9.25. The number of halogens is 1. The number of carbonyl (C=O) groups is 2. The normalized spacial score (nSPS) is 10.9. The number of aryl methyl sites for hydroxylation is 1. The van der Waals surface area contributed by atoms with Gasteiger partial charge in [0.15, 0.2) is 0 Å². The molecule has 0 radical (unpaired) electrons. The van der Waals surface area contributed by atoms with Gasteiger partial charge in [0, 0.05) is 4.47 Å². The lowest BCUT2D eigenvalue weighted by molar-refractivity contribution is -0.140. The lowest BCUT2D eigenvalue weighted by Gasteiger charge is -2.08. The van der Waals surface area contributed by atoms with Crippen LogP contribution >= 0.6 is 15.9 Å². The molecule has 0 aliphatic carbocycles. The SMILES string of the molecule is CCCCC(NC=O)C(=O)O.Cc1cccc(Br)c1. The molecule has 0 aliphatic heterocycles. The first-order valence-electron chi connectivity index (χ1n) is 6.16. The van der Waals surface area contributed by atoms with Crippen molar-refractivity contribution < 1.29 is 14.7 Å². The Bertz CT molecular complexity index is 379. The van der Waals surface area contributed by atoms with Crippen LogP contribution in [0.3, 0.4) is 0 Å². The fourth-order valence-corrected chi connectivity index (χ4v) is 1.89. The summed E-state index contributed by atoms with van der Waals surface area (Å²) in [7, 11) is 0. The van der Waals surface area contributed by atoms with E-state index in [-0.39, 0.29) is 0 Å². The average Bonchev–Trinajstić information content (AvgIpc) is 2.34. The Labute approximate surface area is 122 Å². The van der Waals surface area contributed by atoms with Gasteiger partial charge in [0.1, 0.15) is 6.04 Å². The summed E-state index contributed by atoms with van der Waals surface area (Å²) in [5.41, 5.74) is 1.29. The van der Waals surface area contributed by atoms with Crippen molar-refractivity contribution in [2.45, 2.75) is 39.2 Å². The first-order chi connectivity index (χ1) is 9.01. The van der Waals surface area contributed by atoms with Gasteiger partial charge in [-0.1, -0.05) is 53.4 Å². The Kier molecular flexibility index (Phi) is 9.80. The van der Waals surface area contributed by atoms with Gasteiger partial charge in [-0.3, -0.25) is 4.79 Å². The molecule has 1 amide bonds. The van der Waals surface area contributed by atoms with Gasteiger partial charge in [-0.15, -0.1) is 0 Å². The highest BCUT2D eigenvalue weighted by atomic mass is 79.9. The van der Waals surface area contributed by atoms with E-state index in [4.69, 9.17) is 5.11 Å². The van der Waals surface area contributed by atoms with Gasteiger partial charge in [0.05, 0.1) is 0 Å². The van der Waals surface area contributed by atoms with Gasteiger partial charge in [0.25, 0.3) is 0 Å². The van der Waals surface area contributed by atoms with E-state index in [0.29, 0.717) is 12.8 Å². The molecule has 1 aromatic rings. The van der Waals surface area contributed by atoms with Gasteiger partial charge in [0.2, 0.25) is 6.41 Å². The van der Waals surface area contributed by atoms with Crippen LogP contribution in [-0.4, -0.2) is 23.5 Å². The zero-order valence-corrected chi connectivity index (χ0v) is 12.8. The van der Waals surface area contributed by atoms with Crippen molar-refractivity contribution in [1.82, 2.24) is 5.32 Å². The highest BCUT2D eigenvalue weighted by Crippen LogP contribution is 2.09. The van der Waals surface area contributed by atoms with E-state index in [2.05, 4.69) is 40.3 Å². The lowest BCUT2D eigenvalue weighted by Crippen LogP contribution is -2.35. The van der Waals surface area contributed by atoms with E-state index in [1.54, 1.807) is 0 Å². The molecule has 0 bridgehead atoms. The highest BCUT2D eigenvalue weighted by Gasteiger charge is 2.14. The van der Waals surface area contributed by atoms with Crippen molar-refractivity contribution in [3.05, 3.63) is 34.3 Å². The smallest absolute Gasteiger partial charge is 0.326 e. The number of carbonyl (C=O) groups excluding carboxylic acids is 1. The maximum atomic E-state index is 10.4. The summed E-state index contributed by atoms with van der Waals surface area (Å²) in [6, 6.07) is 7.49. The second-order valence-electron chi connectivity index (χ2n) is 4.12. The number of unbranched alkanes of at least 4 members (excludes halogenated alkanes) is 1. The predicted molar refractivity (Wildman–Crippen MR) is 79.0 cm³/mol. The fourth-order valence-electron chi connectivity index (χ4n) is 1.37. The molecule has 0 spiro atoms. The van der Waals surface area contributed by atoms with E-state index in [0.717, 1.165) is 17.3 Å². The fraction of sp³-hybridized carbons (Fsp3) is 0.429. The van der Waals surface area contributed by atoms with Gasteiger partial charge >= 0.3 is 5.97 Å². The predicted octanol–water partition coefficient (Wildman–Crippen LogP) is 3.13. The third-order valence-electron chi connectivity index (χ3n) is 2.39. The van der Waals surface area contributed by atoms with Crippen LogP contribution in [-0.2, 0) is 9.59 Å². The molecule has 0 aliphatic rings. The summed E-state index contributed by atoms with van der Waals surface area (Å²) in [6.07, 6.45) is 2.68. The van der Waals surface area contributed by atoms with Gasteiger partial charge in [-0.05, 0) is 25.5 Å². The van der Waals surface area contributed by atoms with Crippen LogP contribution in [0.2, 0.25) is 0 Å². The molecule has 1 aromatic carbocycles. The first-order valence-corrected chi connectivity index (χ1v) is 6.95. The summed E-state index contributed by atoms with van der Waals surface area (Å²) >= 11 is 3.36. The molecule has 106 valence electrons. The molecular weight excluding hydrogens is 310 g/mol. The topological polar surface area (TPSA) is 66.4 Å². The molecule has 1 unspecified atom stereocenters. The Morgan fingerprint density at radius 2 is 2.21 bits per heavy atom. The largest absolute Gasteiger partial charge is 0.480 e. The Morgan fingerprint density at radius 1 is 1.53 bits per heavy atom. The molecule has 19 heavy (non-hydrogen) atoms. The lowest BCUT2D eigenvalue weighted by atomic mass is 10.1. The number of benzene rings is 1. The molecule has 4 nitrogen and oxygen atoms in total. The van der Waals surface area contributed by atoms with E-state index >= 15 is 0 Å². The summed E-state index contributed by atoms with van der Waals surface area (Å²) < 4.78 is 1.15. The van der Waals surface area contributed by atoms with Crippen molar-refractivity contribution in [3.8, 4) is 0 Å². The second kappa shape index (κ2) is 10.6. The van der Waals surface area contributed by atoms with Crippen LogP contribution in [0.4, 0.5) is 0 Å². The molecule has 0 heterocycles. The number of hydrogen-bond acceptors (Lipinski definition) is 2. The van der Waals surface area contributed by atoms with Crippen LogP contribution in [0.5, 0.6) is 0 Å². The van der Waals surface area contributed by atoms with Crippen LogP contribution in [0.15, 0.2) is 28.7 Å². The first kappa shape index (κ1) is 17.6. The Morgan fingerprint density at radius 3 is 2.58 bits per heavy atom. The minimum absolute atomic E-state index is 0.425. The zero-order valence-electron chi connectivity index (χ0n) is 11.2. The highest BCUT2D eigenvalue weighted by molar-refractivity contribution is 9.10. The van der Waals surface area contributed by atoms with Crippen LogP contribution in [0.1, 0.15) is 31.7 Å². The Hall–Kier alpha value is -1.36. The molecule has 0 aromatic heterocycles. The van der Waals surface area contributed by atoms with Gasteiger partial charge in [-0.2, -0.15) is 0 Å². The summed E-state index contributed by atoms with van der Waals surface area (Å²) in [4.78, 5) is 20.3. The summed E-state index contributed by atoms with van der Waals surface area (Å²) in [5.74, 6) is -0.967. The number of nitrogens with one attached hydrogen (secondary N) is 1. The second-order valence-corrected chi connectivity index (χ2v) is 5.03. The summed E-state index contributed by atoms with van der Waals surface area (Å²) in [5, 5.41) is 10.7. The molecule has 5 heteroatoms. The summed E-state index contributed by atoms with van der Waals surface area (Å²) in [6.45, 7) is 4.05. The molecule has 0 saturated heterocycles. The number of aliphatic carboxylic acids is 1. The van der Waals surface area contributed by atoms with E-state index in [9.17, 15) is 9.59 Å². The molecule has 1 rings (SSSR count). The van der Waals surface area contributed by atoms with Crippen molar-refractivity contribution >= 4 is 28.3 Å².